The lowest BCUT2D eigenvalue weighted by atomic mass is 9.78. The number of sulfone groups is 1. The van der Waals surface area contributed by atoms with E-state index in [4.69, 9.17) is 9.47 Å². The van der Waals surface area contributed by atoms with Crippen molar-refractivity contribution in [1.29, 1.82) is 5.26 Å². The number of nitriles is 1. The molecule has 0 radical (unpaired) electrons. The fraction of sp³-hybridized carbons (Fsp3) is 0.609. The molecule has 0 aliphatic rings. The first-order valence-corrected chi connectivity index (χ1v) is 11.8. The molecular formula is C23H35NO5S. The summed E-state index contributed by atoms with van der Waals surface area (Å²) in [6, 6.07) is 5.31. The van der Waals surface area contributed by atoms with Gasteiger partial charge >= 0.3 is 0 Å². The van der Waals surface area contributed by atoms with Crippen LogP contribution in [0.15, 0.2) is 17.0 Å². The number of nitrogens with zero attached hydrogens (tertiary/aromatic N) is 1. The summed E-state index contributed by atoms with van der Waals surface area (Å²) in [6.07, 6.45) is 1.37. The Morgan fingerprint density at radius 2 is 1.53 bits per heavy atom. The van der Waals surface area contributed by atoms with Gasteiger partial charge in [-0.3, -0.25) is 0 Å². The Morgan fingerprint density at radius 3 is 1.97 bits per heavy atom. The lowest BCUT2D eigenvalue weighted by Crippen LogP contribution is -2.18. The highest BCUT2D eigenvalue weighted by atomic mass is 32.2. The van der Waals surface area contributed by atoms with Gasteiger partial charge in [0.2, 0.25) is 0 Å². The van der Waals surface area contributed by atoms with Crippen molar-refractivity contribution in [2.24, 2.45) is 0 Å². The Hall–Kier alpha value is -1.88. The minimum atomic E-state index is -3.80. The lowest BCUT2D eigenvalue weighted by molar-refractivity contribution is 0.0591. The Balaban J connectivity index is 3.27. The molecule has 0 aliphatic carbocycles. The van der Waals surface area contributed by atoms with Gasteiger partial charge in [0.1, 0.15) is 16.7 Å². The topological polar surface area (TPSA) is 96.6 Å². The number of phenols is 1. The molecule has 1 aromatic carbocycles. The minimum absolute atomic E-state index is 0.00944. The predicted molar refractivity (Wildman–Crippen MR) is 120 cm³/mol. The molecule has 168 valence electrons. The zero-order valence-corrected chi connectivity index (χ0v) is 20.0. The number of aromatic hydroxyl groups is 1. The van der Waals surface area contributed by atoms with Gasteiger partial charge in [0, 0.05) is 17.7 Å². The molecule has 1 rings (SSSR count). The molecule has 30 heavy (non-hydrogen) atoms. The van der Waals surface area contributed by atoms with Crippen molar-refractivity contribution in [3.63, 3.8) is 0 Å². The van der Waals surface area contributed by atoms with Crippen LogP contribution in [0.5, 0.6) is 5.75 Å². The molecule has 1 N–H and O–H groups in total. The Kier molecular flexibility index (Phi) is 9.09. The highest BCUT2D eigenvalue weighted by Crippen LogP contribution is 2.40. The van der Waals surface area contributed by atoms with Gasteiger partial charge in [-0.15, -0.1) is 0 Å². The van der Waals surface area contributed by atoms with Gasteiger partial charge in [0.15, 0.2) is 9.84 Å². The van der Waals surface area contributed by atoms with E-state index in [1.54, 1.807) is 12.1 Å². The van der Waals surface area contributed by atoms with E-state index in [2.05, 4.69) is 0 Å². The smallest absolute Gasteiger partial charge is 0.190 e. The monoisotopic (exact) mass is 437 g/mol. The summed E-state index contributed by atoms with van der Waals surface area (Å²) >= 11 is 0. The van der Waals surface area contributed by atoms with Crippen molar-refractivity contribution in [2.75, 3.05) is 32.2 Å². The molecule has 0 aromatic heterocycles. The predicted octanol–water partition coefficient (Wildman–Crippen LogP) is 4.32. The van der Waals surface area contributed by atoms with Gasteiger partial charge < -0.3 is 14.6 Å². The molecule has 0 heterocycles. The normalized spacial score (nSPS) is 13.3. The minimum Gasteiger partial charge on any atom is -0.507 e. The summed E-state index contributed by atoms with van der Waals surface area (Å²) in [5.74, 6) is -0.0781. The molecule has 0 atom stereocenters. The van der Waals surface area contributed by atoms with Crippen LogP contribution in [0, 0.1) is 11.3 Å². The zero-order valence-electron chi connectivity index (χ0n) is 19.2. The summed E-state index contributed by atoms with van der Waals surface area (Å²) in [5.41, 5.74) is 1.27. The lowest BCUT2D eigenvalue weighted by Gasteiger charge is -2.28. The average Bonchev–Trinajstić information content (AvgIpc) is 2.61. The SMILES string of the molecule is CCOCCOCCS(=O)(=O)/C(C#N)=C\c1cc(C(C)(C)C)c(O)c(C(C)(C)C)c1. The molecule has 0 spiro atoms. The van der Waals surface area contributed by atoms with Gasteiger partial charge in [0.05, 0.1) is 25.6 Å². The van der Waals surface area contributed by atoms with Crippen molar-refractivity contribution in [3.05, 3.63) is 33.7 Å². The first-order valence-electron chi connectivity index (χ1n) is 10.1. The summed E-state index contributed by atoms with van der Waals surface area (Å²) in [6.45, 7) is 15.0. The third-order valence-electron chi connectivity index (χ3n) is 4.56. The summed E-state index contributed by atoms with van der Waals surface area (Å²) in [5, 5.41) is 20.3. The molecule has 0 bridgehead atoms. The summed E-state index contributed by atoms with van der Waals surface area (Å²) in [4.78, 5) is -0.318. The second-order valence-corrected chi connectivity index (χ2v) is 11.3. The first-order chi connectivity index (χ1) is 13.7. The Labute approximate surface area is 181 Å². The van der Waals surface area contributed by atoms with E-state index in [0.717, 1.165) is 0 Å². The maximum Gasteiger partial charge on any atom is 0.190 e. The summed E-state index contributed by atoms with van der Waals surface area (Å²) < 4.78 is 35.7. The maximum absolute atomic E-state index is 12.6. The van der Waals surface area contributed by atoms with Crippen molar-refractivity contribution in [3.8, 4) is 11.8 Å². The Bertz CT molecular complexity index is 862. The van der Waals surface area contributed by atoms with Gasteiger partial charge in [-0.1, -0.05) is 41.5 Å². The largest absolute Gasteiger partial charge is 0.507 e. The van der Waals surface area contributed by atoms with Crippen molar-refractivity contribution < 1.29 is 23.0 Å². The van der Waals surface area contributed by atoms with E-state index in [-0.39, 0.29) is 33.8 Å². The van der Waals surface area contributed by atoms with E-state index in [1.807, 2.05) is 54.5 Å². The van der Waals surface area contributed by atoms with Crippen LogP contribution in [0.25, 0.3) is 6.08 Å². The second kappa shape index (κ2) is 10.4. The Morgan fingerprint density at radius 1 is 1.03 bits per heavy atom. The third-order valence-corrected chi connectivity index (χ3v) is 6.15. The van der Waals surface area contributed by atoms with Crippen LogP contribution < -0.4 is 0 Å². The molecular weight excluding hydrogens is 402 g/mol. The highest BCUT2D eigenvalue weighted by Gasteiger charge is 2.27. The first kappa shape index (κ1) is 26.2. The number of hydrogen-bond acceptors (Lipinski definition) is 6. The van der Waals surface area contributed by atoms with Gasteiger partial charge in [-0.2, -0.15) is 5.26 Å². The molecule has 0 fully saturated rings. The van der Waals surface area contributed by atoms with Crippen molar-refractivity contribution in [1.82, 2.24) is 0 Å². The van der Waals surface area contributed by atoms with Gasteiger partial charge in [-0.25, -0.2) is 8.42 Å². The number of phenolic OH excluding ortho intramolecular Hbond substituents is 1. The molecule has 0 saturated heterocycles. The average molecular weight is 438 g/mol. The number of benzene rings is 1. The quantitative estimate of drug-likeness (QED) is 0.456. The van der Waals surface area contributed by atoms with Crippen LogP contribution in [0.1, 0.15) is 65.2 Å². The van der Waals surface area contributed by atoms with E-state index in [0.29, 0.717) is 36.5 Å². The number of ether oxygens (including phenoxy) is 2. The highest BCUT2D eigenvalue weighted by molar-refractivity contribution is 7.95. The van der Waals surface area contributed by atoms with Gasteiger partial charge in [0.25, 0.3) is 0 Å². The van der Waals surface area contributed by atoms with E-state index in [1.165, 1.54) is 6.08 Å². The standard InChI is InChI=1S/C23H35NO5S/c1-8-28-9-10-29-11-12-30(26,27)18(16-24)13-17-14-19(22(2,3)4)21(25)20(15-17)23(5,6)7/h13-15,25H,8-12H2,1-7H3/b18-13-. The van der Waals surface area contributed by atoms with Crippen molar-refractivity contribution in [2.45, 2.75) is 59.3 Å². The molecule has 0 unspecified atom stereocenters. The van der Waals surface area contributed by atoms with Crippen LogP contribution in [0.3, 0.4) is 0 Å². The van der Waals surface area contributed by atoms with Crippen LogP contribution in [-0.4, -0.2) is 45.7 Å². The zero-order chi connectivity index (χ0) is 23.2. The van der Waals surface area contributed by atoms with Gasteiger partial charge in [-0.05, 0) is 41.5 Å². The van der Waals surface area contributed by atoms with E-state index in [9.17, 15) is 18.8 Å². The van der Waals surface area contributed by atoms with Crippen molar-refractivity contribution >= 4 is 15.9 Å². The second-order valence-electron chi connectivity index (χ2n) is 9.21. The fourth-order valence-corrected chi connectivity index (χ4v) is 3.88. The van der Waals surface area contributed by atoms with E-state index < -0.39 is 9.84 Å². The van der Waals surface area contributed by atoms with E-state index >= 15 is 0 Å². The van der Waals surface area contributed by atoms with Crippen LogP contribution in [0.4, 0.5) is 0 Å². The summed E-state index contributed by atoms with van der Waals surface area (Å²) in [7, 11) is -3.80. The molecule has 0 saturated carbocycles. The third kappa shape index (κ3) is 7.42. The number of allylic oxidation sites excluding steroid dienone is 1. The van der Waals surface area contributed by atoms with Crippen LogP contribution in [-0.2, 0) is 30.1 Å². The van der Waals surface area contributed by atoms with Crippen LogP contribution in [0.2, 0.25) is 0 Å². The number of hydrogen-bond donors (Lipinski definition) is 1. The maximum atomic E-state index is 12.6. The van der Waals surface area contributed by atoms with Crippen LogP contribution >= 0.6 is 0 Å². The molecule has 6 nitrogen and oxygen atoms in total. The molecule has 0 aliphatic heterocycles. The molecule has 0 amide bonds. The fourth-order valence-electron chi connectivity index (χ4n) is 2.87. The molecule has 7 heteroatoms. The molecule has 1 aromatic rings. The number of rotatable bonds is 9.